The van der Waals surface area contributed by atoms with Crippen LogP contribution >= 0.6 is 0 Å². The lowest BCUT2D eigenvalue weighted by atomic mass is 9.69. The highest BCUT2D eigenvalue weighted by Gasteiger charge is 2.32. The summed E-state index contributed by atoms with van der Waals surface area (Å²) in [4.78, 5) is 11.8. The normalized spacial score (nSPS) is 21.3. The van der Waals surface area contributed by atoms with E-state index in [2.05, 4.69) is 26.8 Å². The first kappa shape index (κ1) is 10.4. The van der Waals surface area contributed by atoms with Crippen molar-refractivity contribution >= 4 is 5.78 Å². The lowest BCUT2D eigenvalue weighted by Crippen LogP contribution is -2.25. The summed E-state index contributed by atoms with van der Waals surface area (Å²) in [5.74, 6) is 0.831. The Hall–Kier alpha value is -1.11. The lowest BCUT2D eigenvalue weighted by Gasteiger charge is -2.35. The highest BCUT2D eigenvalue weighted by atomic mass is 16.1. The number of ketones is 1. The van der Waals surface area contributed by atoms with E-state index in [9.17, 15) is 4.79 Å². The monoisotopic (exact) mass is 202 g/mol. The molecule has 0 aliphatic heterocycles. The molecule has 0 N–H and O–H groups in total. The number of fused-ring (bicyclic) bond motifs is 1. The average Bonchev–Trinajstić information content (AvgIpc) is 2.17. The third kappa shape index (κ3) is 1.83. The lowest BCUT2D eigenvalue weighted by molar-refractivity contribution is 0.0954. The van der Waals surface area contributed by atoms with Gasteiger partial charge in [0.1, 0.15) is 0 Å². The van der Waals surface area contributed by atoms with Crippen LogP contribution in [0.15, 0.2) is 24.3 Å². The fourth-order valence-corrected chi connectivity index (χ4v) is 2.52. The maximum Gasteiger partial charge on any atom is 0.163 e. The van der Waals surface area contributed by atoms with Gasteiger partial charge in [0, 0.05) is 12.0 Å². The van der Waals surface area contributed by atoms with Crippen LogP contribution in [0.3, 0.4) is 0 Å². The molecule has 0 saturated carbocycles. The van der Waals surface area contributed by atoms with Gasteiger partial charge in [-0.1, -0.05) is 45.0 Å². The molecule has 1 aliphatic carbocycles. The van der Waals surface area contributed by atoms with Gasteiger partial charge in [-0.15, -0.1) is 0 Å². The molecule has 1 aromatic carbocycles. The number of carbonyl (C=O) groups is 1. The van der Waals surface area contributed by atoms with Gasteiger partial charge in [0.15, 0.2) is 5.78 Å². The minimum absolute atomic E-state index is 0.247. The zero-order valence-corrected chi connectivity index (χ0v) is 9.71. The SMILES string of the molecule is CC(C)(C)C1CCC(=O)c2ccccc21. The number of hydrogen-bond acceptors (Lipinski definition) is 1. The van der Waals surface area contributed by atoms with Crippen LogP contribution in [-0.4, -0.2) is 5.78 Å². The molecule has 0 bridgehead atoms. The van der Waals surface area contributed by atoms with E-state index in [0.29, 0.717) is 18.1 Å². The maximum atomic E-state index is 11.8. The Labute approximate surface area is 91.5 Å². The Balaban J connectivity index is 2.50. The Morgan fingerprint density at radius 3 is 2.53 bits per heavy atom. The molecule has 0 heterocycles. The van der Waals surface area contributed by atoms with Gasteiger partial charge in [-0.2, -0.15) is 0 Å². The van der Waals surface area contributed by atoms with Gasteiger partial charge in [-0.3, -0.25) is 4.79 Å². The minimum Gasteiger partial charge on any atom is -0.294 e. The number of carbonyl (C=O) groups excluding carboxylic acids is 1. The summed E-state index contributed by atoms with van der Waals surface area (Å²) >= 11 is 0. The predicted octanol–water partition coefficient (Wildman–Crippen LogP) is 3.79. The van der Waals surface area contributed by atoms with E-state index < -0.39 is 0 Å². The number of benzene rings is 1. The molecule has 2 rings (SSSR count). The second kappa shape index (κ2) is 3.48. The van der Waals surface area contributed by atoms with Crippen LogP contribution in [0.1, 0.15) is 55.5 Å². The van der Waals surface area contributed by atoms with Crippen LogP contribution in [0.25, 0.3) is 0 Å². The fraction of sp³-hybridized carbons (Fsp3) is 0.500. The van der Waals surface area contributed by atoms with E-state index in [1.54, 1.807) is 0 Å². The molecule has 0 saturated heterocycles. The molecule has 15 heavy (non-hydrogen) atoms. The molecule has 0 spiro atoms. The second-order valence-electron chi connectivity index (χ2n) is 5.47. The number of hydrogen-bond donors (Lipinski definition) is 0. The first-order valence-corrected chi connectivity index (χ1v) is 5.62. The molecule has 1 aromatic rings. The number of rotatable bonds is 0. The summed E-state index contributed by atoms with van der Waals surface area (Å²) in [5, 5.41) is 0. The van der Waals surface area contributed by atoms with E-state index in [-0.39, 0.29) is 5.41 Å². The van der Waals surface area contributed by atoms with Gasteiger partial charge < -0.3 is 0 Å². The molecule has 0 aromatic heterocycles. The van der Waals surface area contributed by atoms with Gasteiger partial charge in [0.2, 0.25) is 0 Å². The largest absolute Gasteiger partial charge is 0.294 e. The maximum absolute atomic E-state index is 11.8. The molecule has 1 aliphatic rings. The van der Waals surface area contributed by atoms with Gasteiger partial charge in [0.25, 0.3) is 0 Å². The zero-order chi connectivity index (χ0) is 11.1. The van der Waals surface area contributed by atoms with Gasteiger partial charge >= 0.3 is 0 Å². The van der Waals surface area contributed by atoms with Crippen LogP contribution in [0.4, 0.5) is 0 Å². The second-order valence-corrected chi connectivity index (χ2v) is 5.47. The topological polar surface area (TPSA) is 17.1 Å². The van der Waals surface area contributed by atoms with Crippen molar-refractivity contribution in [1.29, 1.82) is 0 Å². The quantitative estimate of drug-likeness (QED) is 0.625. The van der Waals surface area contributed by atoms with Crippen molar-refractivity contribution in [1.82, 2.24) is 0 Å². The van der Waals surface area contributed by atoms with Crippen LogP contribution in [-0.2, 0) is 0 Å². The van der Waals surface area contributed by atoms with E-state index in [1.165, 1.54) is 5.56 Å². The Morgan fingerprint density at radius 1 is 1.20 bits per heavy atom. The predicted molar refractivity (Wildman–Crippen MR) is 62.2 cm³/mol. The average molecular weight is 202 g/mol. The van der Waals surface area contributed by atoms with Crippen molar-refractivity contribution in [3.05, 3.63) is 35.4 Å². The van der Waals surface area contributed by atoms with Gasteiger partial charge in [-0.05, 0) is 23.3 Å². The van der Waals surface area contributed by atoms with E-state index in [4.69, 9.17) is 0 Å². The fourth-order valence-electron chi connectivity index (χ4n) is 2.52. The standard InChI is InChI=1S/C14H18O/c1-14(2,3)12-8-9-13(15)11-7-5-4-6-10(11)12/h4-7,12H,8-9H2,1-3H3. The molecular formula is C14H18O. The summed E-state index contributed by atoms with van der Waals surface area (Å²) in [7, 11) is 0. The molecular weight excluding hydrogens is 184 g/mol. The summed E-state index contributed by atoms with van der Waals surface area (Å²) in [6.45, 7) is 6.76. The van der Waals surface area contributed by atoms with Crippen LogP contribution in [0, 0.1) is 5.41 Å². The first-order chi connectivity index (χ1) is 7.00. The zero-order valence-electron chi connectivity index (χ0n) is 9.71. The van der Waals surface area contributed by atoms with E-state index in [1.807, 2.05) is 18.2 Å². The molecule has 0 fully saturated rings. The molecule has 1 heteroatoms. The van der Waals surface area contributed by atoms with E-state index in [0.717, 1.165) is 12.0 Å². The molecule has 1 nitrogen and oxygen atoms in total. The smallest absolute Gasteiger partial charge is 0.163 e. The van der Waals surface area contributed by atoms with Crippen molar-refractivity contribution in [2.24, 2.45) is 5.41 Å². The molecule has 80 valence electrons. The Bertz CT molecular complexity index is 385. The van der Waals surface area contributed by atoms with Crippen LogP contribution in [0.5, 0.6) is 0 Å². The molecule has 0 radical (unpaired) electrons. The van der Waals surface area contributed by atoms with Crippen molar-refractivity contribution in [2.75, 3.05) is 0 Å². The Kier molecular flexibility index (Phi) is 2.41. The molecule has 1 unspecified atom stereocenters. The number of Topliss-reactive ketones (excluding diaryl/α,β-unsaturated/α-hetero) is 1. The van der Waals surface area contributed by atoms with Gasteiger partial charge in [0.05, 0.1) is 0 Å². The minimum atomic E-state index is 0.247. The Morgan fingerprint density at radius 2 is 1.87 bits per heavy atom. The van der Waals surface area contributed by atoms with Crippen molar-refractivity contribution < 1.29 is 4.79 Å². The molecule has 1 atom stereocenters. The molecule has 0 amide bonds. The van der Waals surface area contributed by atoms with Gasteiger partial charge in [-0.25, -0.2) is 0 Å². The van der Waals surface area contributed by atoms with Crippen molar-refractivity contribution in [3.8, 4) is 0 Å². The van der Waals surface area contributed by atoms with Crippen LogP contribution in [0.2, 0.25) is 0 Å². The summed E-state index contributed by atoms with van der Waals surface area (Å²) in [6.07, 6.45) is 1.71. The summed E-state index contributed by atoms with van der Waals surface area (Å²) < 4.78 is 0. The van der Waals surface area contributed by atoms with Crippen molar-refractivity contribution in [3.63, 3.8) is 0 Å². The van der Waals surface area contributed by atoms with Crippen LogP contribution < -0.4 is 0 Å². The third-order valence-corrected chi connectivity index (χ3v) is 3.34. The summed E-state index contributed by atoms with van der Waals surface area (Å²) in [5.41, 5.74) is 2.45. The highest BCUT2D eigenvalue weighted by Crippen LogP contribution is 2.43. The van der Waals surface area contributed by atoms with E-state index >= 15 is 0 Å². The first-order valence-electron chi connectivity index (χ1n) is 5.62. The van der Waals surface area contributed by atoms with Crippen molar-refractivity contribution in [2.45, 2.75) is 39.5 Å². The summed E-state index contributed by atoms with van der Waals surface area (Å²) in [6, 6.07) is 8.08. The third-order valence-electron chi connectivity index (χ3n) is 3.34. The highest BCUT2D eigenvalue weighted by molar-refractivity contribution is 5.98.